The van der Waals surface area contributed by atoms with Crippen LogP contribution in [0.15, 0.2) is 46.9 Å². The number of hydrogen-bond donors (Lipinski definition) is 3. The second-order valence-electron chi connectivity index (χ2n) is 3.86. The van der Waals surface area contributed by atoms with E-state index in [9.17, 15) is 14.3 Å². The van der Waals surface area contributed by atoms with Gasteiger partial charge in [0.1, 0.15) is 5.69 Å². The van der Waals surface area contributed by atoms with Crippen molar-refractivity contribution in [3.8, 4) is 5.75 Å². The van der Waals surface area contributed by atoms with Crippen LogP contribution in [0.25, 0.3) is 0 Å². The summed E-state index contributed by atoms with van der Waals surface area (Å²) in [5.74, 6) is -1.49. The van der Waals surface area contributed by atoms with Crippen molar-refractivity contribution < 1.29 is 14.3 Å². The lowest BCUT2D eigenvalue weighted by molar-refractivity contribution is 0.260. The van der Waals surface area contributed by atoms with Crippen molar-refractivity contribution in [2.75, 3.05) is 9.62 Å². The molecule has 2 N–H and O–H groups in total. The zero-order valence-corrected chi connectivity index (χ0v) is 12.5. The second-order valence-corrected chi connectivity index (χ2v) is 5.18. The van der Waals surface area contributed by atoms with Gasteiger partial charge in [0.05, 0.1) is 0 Å². The number of para-hydroxylation sites is 1. The number of nitrogens with one attached hydrogen (secondary N) is 1. The first-order valence-electron chi connectivity index (χ1n) is 5.52. The topological polar surface area (TPSA) is 52.6 Å². The maximum absolute atomic E-state index is 13.4. The number of carbonyl (C=O) groups excluding carboxylic acids is 1. The van der Waals surface area contributed by atoms with Crippen LogP contribution in [0.5, 0.6) is 5.75 Å². The Morgan fingerprint density at radius 2 is 1.95 bits per heavy atom. The first-order valence-corrected chi connectivity index (χ1v) is 6.71. The third-order valence-electron chi connectivity index (χ3n) is 2.45. The molecule has 2 aromatic carbocycles. The Bertz CT molecular complexity index is 640. The highest BCUT2D eigenvalue weighted by atomic mass is 79.9. The molecule has 0 aliphatic rings. The summed E-state index contributed by atoms with van der Waals surface area (Å²) < 4.78 is 14.6. The molecule has 4 nitrogen and oxygen atoms in total. The van der Waals surface area contributed by atoms with Crippen LogP contribution in [0, 0.1) is 5.82 Å². The first-order chi connectivity index (χ1) is 9.49. The molecule has 0 saturated heterocycles. The number of anilines is 2. The normalized spacial score (nSPS) is 10.2. The van der Waals surface area contributed by atoms with Gasteiger partial charge >= 0.3 is 6.03 Å². The van der Waals surface area contributed by atoms with Gasteiger partial charge in [-0.3, -0.25) is 0 Å². The monoisotopic (exact) mass is 356 g/mol. The summed E-state index contributed by atoms with van der Waals surface area (Å²) in [6.45, 7) is 0. The van der Waals surface area contributed by atoms with Crippen LogP contribution in [0.1, 0.15) is 0 Å². The molecule has 0 radical (unpaired) electrons. The van der Waals surface area contributed by atoms with E-state index in [1.165, 1.54) is 6.07 Å². The molecule has 0 saturated carbocycles. The number of phenolic OH excluding ortho intramolecular Hbond substituents is 1. The molecule has 0 spiro atoms. The average molecular weight is 357 g/mol. The quantitative estimate of drug-likeness (QED) is 0.707. The Morgan fingerprint density at radius 3 is 2.60 bits per heavy atom. The minimum atomic E-state index is -0.846. The highest BCUT2D eigenvalue weighted by Crippen LogP contribution is 2.34. The zero-order valence-electron chi connectivity index (χ0n) is 10.0. The number of hydrogen-bond acceptors (Lipinski definition) is 3. The molecule has 104 valence electrons. The fourth-order valence-corrected chi connectivity index (χ4v) is 2.14. The van der Waals surface area contributed by atoms with Crippen LogP contribution in [0.4, 0.5) is 20.6 Å². The molecule has 0 atom stereocenters. The van der Waals surface area contributed by atoms with Crippen molar-refractivity contribution in [3.05, 3.63) is 52.8 Å². The fraction of sp³-hybridized carbons (Fsp3) is 0. The lowest BCUT2D eigenvalue weighted by atomic mass is 10.3. The van der Waals surface area contributed by atoms with E-state index in [4.69, 9.17) is 0 Å². The van der Waals surface area contributed by atoms with Crippen LogP contribution in [0.2, 0.25) is 0 Å². The second kappa shape index (κ2) is 6.15. The minimum Gasteiger partial charge on any atom is -0.503 e. The van der Waals surface area contributed by atoms with Crippen molar-refractivity contribution >= 4 is 46.2 Å². The molecular weight excluding hydrogens is 347 g/mol. The number of rotatable bonds is 2. The molecular formula is C13H10BrFN2O2S. The van der Waals surface area contributed by atoms with E-state index in [1.807, 2.05) is 6.07 Å². The van der Waals surface area contributed by atoms with Gasteiger partial charge < -0.3 is 10.4 Å². The number of nitrogens with zero attached hydrogens (tertiary/aromatic N) is 1. The number of benzene rings is 2. The standard InChI is InChI=1S/C13H10BrFN2O2S/c14-8-6-10(15)12(18)11(7-8)17(20)13(19)16-9-4-2-1-3-5-9/h1-7,18,20H,(H,16,19). The van der Waals surface area contributed by atoms with Gasteiger partial charge in [0.2, 0.25) is 0 Å². The summed E-state index contributed by atoms with van der Waals surface area (Å²) in [4.78, 5) is 12.0. The maximum atomic E-state index is 13.4. The summed E-state index contributed by atoms with van der Waals surface area (Å²) in [6.07, 6.45) is 0. The third-order valence-corrected chi connectivity index (χ3v) is 3.31. The lowest BCUT2D eigenvalue weighted by Crippen LogP contribution is -2.26. The van der Waals surface area contributed by atoms with E-state index in [0.29, 0.717) is 10.2 Å². The molecule has 0 unspecified atom stereocenters. The molecule has 2 amide bonds. The molecule has 7 heteroatoms. The average Bonchev–Trinajstić information content (AvgIpc) is 2.43. The van der Waals surface area contributed by atoms with Crippen LogP contribution in [0.3, 0.4) is 0 Å². The van der Waals surface area contributed by atoms with Gasteiger partial charge in [0.15, 0.2) is 11.6 Å². The Kier molecular flexibility index (Phi) is 4.51. The van der Waals surface area contributed by atoms with E-state index in [2.05, 4.69) is 34.1 Å². The largest absolute Gasteiger partial charge is 0.503 e. The predicted molar refractivity (Wildman–Crippen MR) is 82.7 cm³/mol. The number of aromatic hydroxyl groups is 1. The summed E-state index contributed by atoms with van der Waals surface area (Å²) in [7, 11) is 0. The molecule has 0 heterocycles. The van der Waals surface area contributed by atoms with Crippen LogP contribution in [-0.2, 0) is 0 Å². The van der Waals surface area contributed by atoms with Gasteiger partial charge in [-0.15, -0.1) is 0 Å². The van der Waals surface area contributed by atoms with Crippen molar-refractivity contribution in [1.82, 2.24) is 0 Å². The van der Waals surface area contributed by atoms with Crippen LogP contribution >= 0.6 is 28.7 Å². The lowest BCUT2D eigenvalue weighted by Gasteiger charge is -2.18. The van der Waals surface area contributed by atoms with Gasteiger partial charge in [0, 0.05) is 10.2 Å². The SMILES string of the molecule is O=C(Nc1ccccc1)N(S)c1cc(Br)cc(F)c1O. The molecule has 0 aromatic heterocycles. The Labute approximate surface area is 128 Å². The molecule has 0 aliphatic heterocycles. The minimum absolute atomic E-state index is 0.0614. The number of amides is 2. The fourth-order valence-electron chi connectivity index (χ4n) is 1.52. The van der Waals surface area contributed by atoms with Crippen LogP contribution < -0.4 is 9.62 Å². The number of urea groups is 1. The van der Waals surface area contributed by atoms with Crippen LogP contribution in [-0.4, -0.2) is 11.1 Å². The van der Waals surface area contributed by atoms with E-state index in [0.717, 1.165) is 10.4 Å². The Morgan fingerprint density at radius 1 is 1.30 bits per heavy atom. The zero-order chi connectivity index (χ0) is 14.7. The predicted octanol–water partition coefficient (Wildman–Crippen LogP) is 4.18. The van der Waals surface area contributed by atoms with E-state index in [1.54, 1.807) is 24.3 Å². The van der Waals surface area contributed by atoms with Gasteiger partial charge in [-0.05, 0) is 24.3 Å². The van der Waals surface area contributed by atoms with Crippen molar-refractivity contribution in [3.63, 3.8) is 0 Å². The number of halogens is 2. The summed E-state index contributed by atoms with van der Waals surface area (Å²) in [5, 5.41) is 12.2. The number of thiol groups is 1. The van der Waals surface area contributed by atoms with E-state index >= 15 is 0 Å². The molecule has 0 aliphatic carbocycles. The summed E-state index contributed by atoms with van der Waals surface area (Å²) in [6, 6.07) is 10.6. The number of phenols is 1. The molecule has 2 rings (SSSR count). The highest BCUT2D eigenvalue weighted by Gasteiger charge is 2.19. The van der Waals surface area contributed by atoms with Gasteiger partial charge in [0.25, 0.3) is 0 Å². The third kappa shape index (κ3) is 3.23. The van der Waals surface area contributed by atoms with E-state index in [-0.39, 0.29) is 5.69 Å². The summed E-state index contributed by atoms with van der Waals surface area (Å²) in [5.41, 5.74) is 0.500. The summed E-state index contributed by atoms with van der Waals surface area (Å²) >= 11 is 7.07. The maximum Gasteiger partial charge on any atom is 0.336 e. The Hall–Kier alpha value is -1.73. The van der Waals surface area contributed by atoms with Gasteiger partial charge in [-0.25, -0.2) is 13.5 Å². The smallest absolute Gasteiger partial charge is 0.336 e. The van der Waals surface area contributed by atoms with Crippen molar-refractivity contribution in [1.29, 1.82) is 0 Å². The van der Waals surface area contributed by atoms with Gasteiger partial charge in [-0.1, -0.05) is 46.9 Å². The first kappa shape index (κ1) is 14.7. The van der Waals surface area contributed by atoms with Gasteiger partial charge in [-0.2, -0.15) is 0 Å². The molecule has 0 bridgehead atoms. The molecule has 20 heavy (non-hydrogen) atoms. The van der Waals surface area contributed by atoms with Crippen molar-refractivity contribution in [2.45, 2.75) is 0 Å². The van der Waals surface area contributed by atoms with Crippen molar-refractivity contribution in [2.24, 2.45) is 0 Å². The highest BCUT2D eigenvalue weighted by molar-refractivity contribution is 9.10. The Balaban J connectivity index is 2.23. The molecule has 0 fully saturated rings. The number of carbonyl (C=O) groups is 1. The molecule has 2 aromatic rings. The van der Waals surface area contributed by atoms with E-state index < -0.39 is 17.6 Å².